The van der Waals surface area contributed by atoms with Gasteiger partial charge in [-0.15, -0.1) is 0 Å². The topological polar surface area (TPSA) is 103 Å². The summed E-state index contributed by atoms with van der Waals surface area (Å²) in [7, 11) is 1.63. The highest BCUT2D eigenvalue weighted by atomic mass is 16.6. The molecule has 9 nitrogen and oxygen atoms in total. The van der Waals surface area contributed by atoms with Crippen LogP contribution in [0.25, 0.3) is 0 Å². The molecule has 0 bridgehead atoms. The van der Waals surface area contributed by atoms with Crippen LogP contribution in [0.2, 0.25) is 0 Å². The van der Waals surface area contributed by atoms with Crippen molar-refractivity contribution in [1.29, 1.82) is 5.26 Å². The number of nitrogens with zero attached hydrogens (tertiary/aromatic N) is 3. The van der Waals surface area contributed by atoms with Gasteiger partial charge in [-0.05, 0) is 76.3 Å². The van der Waals surface area contributed by atoms with Gasteiger partial charge in [-0.25, -0.2) is 4.79 Å². The first-order valence-corrected chi connectivity index (χ1v) is 14.2. The molecule has 1 amide bonds. The molecule has 9 heteroatoms. The molecule has 1 spiro atoms. The molecule has 2 aliphatic rings. The van der Waals surface area contributed by atoms with Gasteiger partial charge in [-0.1, -0.05) is 12.1 Å². The van der Waals surface area contributed by atoms with Crippen molar-refractivity contribution < 1.29 is 28.5 Å². The van der Waals surface area contributed by atoms with Crippen LogP contribution in [0.3, 0.4) is 0 Å². The molecule has 1 saturated heterocycles. The van der Waals surface area contributed by atoms with Crippen molar-refractivity contribution in [3.8, 4) is 34.8 Å². The first-order chi connectivity index (χ1) is 20.1. The van der Waals surface area contributed by atoms with E-state index in [1.54, 1.807) is 48.7 Å². The minimum absolute atomic E-state index is 0.0220. The molecule has 0 N–H and O–H groups in total. The van der Waals surface area contributed by atoms with E-state index in [0.29, 0.717) is 35.2 Å². The molecule has 0 unspecified atom stereocenters. The number of hydrogen-bond donors (Lipinski definition) is 0. The largest absolute Gasteiger partial charge is 0.497 e. The van der Waals surface area contributed by atoms with Crippen LogP contribution in [0.4, 0.5) is 4.79 Å². The van der Waals surface area contributed by atoms with Crippen molar-refractivity contribution in [1.82, 2.24) is 9.88 Å². The molecule has 0 radical (unpaired) electrons. The van der Waals surface area contributed by atoms with Crippen LogP contribution in [-0.2, 0) is 11.3 Å². The van der Waals surface area contributed by atoms with Crippen molar-refractivity contribution in [3.05, 3.63) is 72.1 Å². The molecule has 2 aromatic carbocycles. The summed E-state index contributed by atoms with van der Waals surface area (Å²) in [5.41, 5.74) is 1.07. The number of hydrogen-bond acceptors (Lipinski definition) is 8. The lowest BCUT2D eigenvalue weighted by Gasteiger charge is -2.53. The molecular weight excluding hydrogens is 534 g/mol. The number of pyridine rings is 1. The average molecular weight is 572 g/mol. The lowest BCUT2D eigenvalue weighted by Crippen LogP contribution is -2.60. The Morgan fingerprint density at radius 2 is 1.69 bits per heavy atom. The van der Waals surface area contributed by atoms with E-state index >= 15 is 0 Å². The van der Waals surface area contributed by atoms with E-state index in [1.807, 2.05) is 45.0 Å². The van der Waals surface area contributed by atoms with Gasteiger partial charge >= 0.3 is 6.09 Å². The molecule has 0 atom stereocenters. The maximum Gasteiger partial charge on any atom is 0.410 e. The van der Waals surface area contributed by atoms with Crippen molar-refractivity contribution in [3.63, 3.8) is 0 Å². The normalized spacial score (nSPS) is 16.2. The summed E-state index contributed by atoms with van der Waals surface area (Å²) in [6, 6.07) is 16.9. The number of amides is 1. The Balaban J connectivity index is 1.12. The summed E-state index contributed by atoms with van der Waals surface area (Å²) in [5.74, 6) is 2.91. The summed E-state index contributed by atoms with van der Waals surface area (Å²) in [6.07, 6.45) is 6.71. The van der Waals surface area contributed by atoms with Crippen molar-refractivity contribution in [2.24, 2.45) is 5.41 Å². The minimum Gasteiger partial charge on any atom is -0.497 e. The molecule has 3 aromatic rings. The zero-order chi connectivity index (χ0) is 29.7. The molecular formula is C33H37N3O6. The zero-order valence-electron chi connectivity index (χ0n) is 24.6. The average Bonchev–Trinajstić information content (AvgIpc) is 2.95. The second-order valence-electron chi connectivity index (χ2n) is 12.0. The number of rotatable bonds is 8. The predicted octanol–water partition coefficient (Wildman–Crippen LogP) is 6.89. The maximum absolute atomic E-state index is 12.3. The van der Waals surface area contributed by atoms with E-state index in [2.05, 4.69) is 11.1 Å². The lowest BCUT2D eigenvalue weighted by atomic mass is 9.68. The van der Waals surface area contributed by atoms with Gasteiger partial charge in [0, 0.05) is 30.6 Å². The monoisotopic (exact) mass is 571 g/mol. The SMILES string of the molecule is COc1ccc(COc2cncc(Oc3ccc(OC4CCC5(CC4)CN(C(=O)OC(C)(C)C)C5)c(C#N)c3)c2)cc1. The predicted molar refractivity (Wildman–Crippen MR) is 156 cm³/mol. The molecule has 42 heavy (non-hydrogen) atoms. The van der Waals surface area contributed by atoms with Crippen molar-refractivity contribution >= 4 is 6.09 Å². The summed E-state index contributed by atoms with van der Waals surface area (Å²) in [5, 5.41) is 9.81. The summed E-state index contributed by atoms with van der Waals surface area (Å²) >= 11 is 0. The Hall–Kier alpha value is -4.45. The molecule has 1 aliphatic carbocycles. The number of nitriles is 1. The number of aromatic nitrogens is 1. The van der Waals surface area contributed by atoms with Gasteiger partial charge in [-0.3, -0.25) is 4.98 Å². The molecule has 220 valence electrons. The van der Waals surface area contributed by atoms with E-state index in [1.165, 1.54) is 0 Å². The third-order valence-corrected chi connectivity index (χ3v) is 7.55. The van der Waals surface area contributed by atoms with E-state index in [4.69, 9.17) is 23.7 Å². The van der Waals surface area contributed by atoms with Gasteiger partial charge in [-0.2, -0.15) is 5.26 Å². The fraction of sp³-hybridized carbons (Fsp3) is 0.424. The molecule has 5 rings (SSSR count). The minimum atomic E-state index is -0.488. The molecule has 1 aromatic heterocycles. The Kier molecular flexibility index (Phi) is 8.44. The Morgan fingerprint density at radius 3 is 2.36 bits per heavy atom. The van der Waals surface area contributed by atoms with E-state index in [-0.39, 0.29) is 17.6 Å². The highest BCUT2D eigenvalue weighted by molar-refractivity contribution is 5.69. The van der Waals surface area contributed by atoms with Gasteiger partial charge in [0.15, 0.2) is 0 Å². The Labute approximate surface area is 246 Å². The van der Waals surface area contributed by atoms with Crippen LogP contribution in [0.5, 0.6) is 28.7 Å². The van der Waals surface area contributed by atoms with Gasteiger partial charge < -0.3 is 28.6 Å². The molecule has 1 saturated carbocycles. The zero-order valence-corrected chi connectivity index (χ0v) is 24.6. The quantitative estimate of drug-likeness (QED) is 0.288. The smallest absolute Gasteiger partial charge is 0.410 e. The highest BCUT2D eigenvalue weighted by Gasteiger charge is 2.48. The van der Waals surface area contributed by atoms with E-state index in [0.717, 1.165) is 50.1 Å². The van der Waals surface area contributed by atoms with Crippen LogP contribution < -0.4 is 18.9 Å². The summed E-state index contributed by atoms with van der Waals surface area (Å²) in [4.78, 5) is 18.3. The van der Waals surface area contributed by atoms with Crippen LogP contribution in [0.15, 0.2) is 60.9 Å². The third kappa shape index (κ3) is 7.24. The maximum atomic E-state index is 12.3. The van der Waals surface area contributed by atoms with Gasteiger partial charge in [0.25, 0.3) is 0 Å². The number of carbonyl (C=O) groups is 1. The third-order valence-electron chi connectivity index (χ3n) is 7.55. The number of likely N-dealkylation sites (tertiary alicyclic amines) is 1. The molecule has 1 aliphatic heterocycles. The van der Waals surface area contributed by atoms with Crippen LogP contribution in [0.1, 0.15) is 57.6 Å². The highest BCUT2D eigenvalue weighted by Crippen LogP contribution is 2.45. The van der Waals surface area contributed by atoms with Crippen molar-refractivity contribution in [2.75, 3.05) is 20.2 Å². The number of carbonyl (C=O) groups excluding carboxylic acids is 1. The fourth-order valence-electron chi connectivity index (χ4n) is 5.36. The van der Waals surface area contributed by atoms with Crippen LogP contribution in [-0.4, -0.2) is 47.9 Å². The van der Waals surface area contributed by atoms with E-state index < -0.39 is 5.60 Å². The second kappa shape index (κ2) is 12.2. The van der Waals surface area contributed by atoms with Gasteiger partial charge in [0.1, 0.15) is 47.0 Å². The standard InChI is InChI=1S/C33H37N3O6/c1-32(2,3)42-31(37)36-21-33(22-36)13-11-26(12-14-33)41-30-10-9-27(15-24(30)17-34)40-29-16-28(18-35-19-29)39-20-23-5-7-25(38-4)8-6-23/h5-10,15-16,18-19,26H,11-14,20-22H2,1-4H3. The molecule has 2 heterocycles. The first kappa shape index (κ1) is 29.1. The number of ether oxygens (including phenoxy) is 5. The van der Waals surface area contributed by atoms with E-state index in [9.17, 15) is 10.1 Å². The number of methoxy groups -OCH3 is 1. The van der Waals surface area contributed by atoms with Crippen LogP contribution in [0, 0.1) is 16.7 Å². The second-order valence-corrected chi connectivity index (χ2v) is 12.0. The van der Waals surface area contributed by atoms with Gasteiger partial charge in [0.2, 0.25) is 0 Å². The summed E-state index contributed by atoms with van der Waals surface area (Å²) < 4.78 is 28.8. The fourth-order valence-corrected chi connectivity index (χ4v) is 5.36. The van der Waals surface area contributed by atoms with Gasteiger partial charge in [0.05, 0.1) is 31.2 Å². The lowest BCUT2D eigenvalue weighted by molar-refractivity contribution is -0.0607. The Morgan fingerprint density at radius 1 is 1.00 bits per heavy atom. The van der Waals surface area contributed by atoms with Crippen LogP contribution >= 0.6 is 0 Å². The molecule has 2 fully saturated rings. The van der Waals surface area contributed by atoms with Crippen molar-refractivity contribution in [2.45, 2.75) is 64.8 Å². The number of benzene rings is 2. The first-order valence-electron chi connectivity index (χ1n) is 14.2. The Bertz CT molecular complexity index is 1430. The summed E-state index contributed by atoms with van der Waals surface area (Å²) in [6.45, 7) is 7.48.